The first-order valence-electron chi connectivity index (χ1n) is 19.0. The first-order valence-corrected chi connectivity index (χ1v) is 19.0. The van der Waals surface area contributed by atoms with Crippen LogP contribution in [-0.4, -0.2) is 108 Å². The van der Waals surface area contributed by atoms with Gasteiger partial charge in [-0.15, -0.1) is 0 Å². The summed E-state index contributed by atoms with van der Waals surface area (Å²) in [5.41, 5.74) is 13.6. The number of anilines is 1. The van der Waals surface area contributed by atoms with Crippen LogP contribution in [0.3, 0.4) is 0 Å². The molecule has 0 spiro atoms. The van der Waals surface area contributed by atoms with Gasteiger partial charge in [0, 0.05) is 51.4 Å². The molecule has 2 aromatic rings. The standard InChI is InChI=1S/C39H52F2N10O2/c1-26-46-38-36(24-51(26)31-11-17-48(18-12-31)16-2-13-45-39(42)43)53-35-6-4-29(22-34(35)47-38)28-9-19-49(20-10-28)37(52)25-50(30-7-14-44-15-8-30)23-27-3-5-32(40)33(41)21-27/h3-6,21-22,24,28,30-31,44H,1-2,7-20,23,25H2,(H,46,47)(H4,42,43,45). The van der Waals surface area contributed by atoms with Crippen molar-refractivity contribution in [2.45, 2.75) is 69.5 Å². The Labute approximate surface area is 310 Å². The molecule has 0 saturated carbocycles. The zero-order valence-corrected chi connectivity index (χ0v) is 30.4. The highest BCUT2D eigenvalue weighted by molar-refractivity contribution is 6.10. The predicted octanol–water partition coefficient (Wildman–Crippen LogP) is 3.88. The van der Waals surface area contributed by atoms with Crippen LogP contribution >= 0.6 is 0 Å². The molecule has 284 valence electrons. The number of nitrogens with one attached hydrogen (secondary N) is 2. The summed E-state index contributed by atoms with van der Waals surface area (Å²) in [5.74, 6) is 1.62. The average Bonchev–Trinajstić information content (AvgIpc) is 3.17. The van der Waals surface area contributed by atoms with Crippen LogP contribution in [0, 0.1) is 11.6 Å². The van der Waals surface area contributed by atoms with Gasteiger partial charge in [-0.3, -0.25) is 14.7 Å². The van der Waals surface area contributed by atoms with E-state index in [-0.39, 0.29) is 24.5 Å². The quantitative estimate of drug-likeness (QED) is 0.154. The van der Waals surface area contributed by atoms with E-state index in [1.54, 1.807) is 6.07 Å². The molecule has 53 heavy (non-hydrogen) atoms. The van der Waals surface area contributed by atoms with E-state index < -0.39 is 11.6 Å². The Morgan fingerprint density at radius 1 is 1.00 bits per heavy atom. The molecule has 7 rings (SSSR count). The minimum absolute atomic E-state index is 0.0824. The number of amides is 1. The summed E-state index contributed by atoms with van der Waals surface area (Å²) in [4.78, 5) is 31.2. The topological polar surface area (TPSA) is 140 Å². The van der Waals surface area contributed by atoms with Gasteiger partial charge in [-0.2, -0.15) is 0 Å². The monoisotopic (exact) mass is 730 g/mol. The first kappa shape index (κ1) is 36.8. The summed E-state index contributed by atoms with van der Waals surface area (Å²) in [7, 11) is 0. The van der Waals surface area contributed by atoms with Crippen LogP contribution in [0.2, 0.25) is 0 Å². The molecule has 0 aliphatic carbocycles. The summed E-state index contributed by atoms with van der Waals surface area (Å²) < 4.78 is 34.0. The molecule has 5 heterocycles. The highest BCUT2D eigenvalue weighted by Crippen LogP contribution is 2.38. The fourth-order valence-electron chi connectivity index (χ4n) is 8.24. The number of likely N-dealkylation sites (tertiary alicyclic amines) is 2. The van der Waals surface area contributed by atoms with Crippen LogP contribution in [-0.2, 0) is 11.3 Å². The SMILES string of the molecule is C=C1N=C2Nc3cc(C4CCN(C(=O)CN(Cc5ccc(F)c(F)c5)C5CCNCC5)CC4)ccc3OC2=CN1C1CCN(CCCN=C(N)N)CC1. The van der Waals surface area contributed by atoms with Crippen molar-refractivity contribution in [3.8, 4) is 5.75 Å². The number of rotatable bonds is 11. The van der Waals surface area contributed by atoms with E-state index in [2.05, 4.69) is 49.0 Å². The zero-order valence-electron chi connectivity index (χ0n) is 30.4. The molecule has 5 aliphatic heterocycles. The van der Waals surface area contributed by atoms with Gasteiger partial charge in [0.25, 0.3) is 0 Å². The number of hydrogen-bond acceptors (Lipinski definition) is 9. The van der Waals surface area contributed by atoms with Crippen LogP contribution in [0.5, 0.6) is 5.75 Å². The second kappa shape index (κ2) is 16.6. The molecular weight excluding hydrogens is 678 g/mol. The van der Waals surface area contributed by atoms with Crippen LogP contribution in [0.4, 0.5) is 14.5 Å². The Morgan fingerprint density at radius 2 is 1.77 bits per heavy atom. The lowest BCUT2D eigenvalue weighted by Crippen LogP contribution is -2.49. The highest BCUT2D eigenvalue weighted by Gasteiger charge is 2.33. The molecule has 0 radical (unpaired) electrons. The second-order valence-corrected chi connectivity index (χ2v) is 14.8. The average molecular weight is 731 g/mol. The van der Waals surface area contributed by atoms with E-state index in [4.69, 9.17) is 21.2 Å². The number of carbonyl (C=O) groups excluding carboxylic acids is 1. The number of guanidine groups is 1. The van der Waals surface area contributed by atoms with Crippen LogP contribution < -0.4 is 26.8 Å². The summed E-state index contributed by atoms with van der Waals surface area (Å²) in [5, 5.41) is 6.87. The molecule has 0 unspecified atom stereocenters. The third-order valence-electron chi connectivity index (χ3n) is 11.2. The molecule has 0 bridgehead atoms. The van der Waals surface area contributed by atoms with E-state index in [0.717, 1.165) is 95.2 Å². The minimum Gasteiger partial charge on any atom is -0.450 e. The van der Waals surface area contributed by atoms with Crippen molar-refractivity contribution in [1.82, 2.24) is 24.9 Å². The molecule has 3 saturated heterocycles. The normalized spacial score (nSPS) is 20.2. The maximum atomic E-state index is 14.0. The fraction of sp³-hybridized carbons (Fsp3) is 0.513. The van der Waals surface area contributed by atoms with Crippen molar-refractivity contribution >= 4 is 23.4 Å². The molecule has 14 heteroatoms. The van der Waals surface area contributed by atoms with Gasteiger partial charge in [0.2, 0.25) is 5.91 Å². The molecule has 0 atom stereocenters. The zero-order chi connectivity index (χ0) is 36.9. The van der Waals surface area contributed by atoms with E-state index in [1.807, 2.05) is 17.2 Å². The maximum absolute atomic E-state index is 14.0. The van der Waals surface area contributed by atoms with Gasteiger partial charge in [-0.1, -0.05) is 18.7 Å². The van der Waals surface area contributed by atoms with Crippen LogP contribution in [0.15, 0.2) is 70.7 Å². The van der Waals surface area contributed by atoms with E-state index in [0.29, 0.717) is 61.1 Å². The number of hydrogen-bond donors (Lipinski definition) is 4. The lowest BCUT2D eigenvalue weighted by molar-refractivity contribution is -0.134. The summed E-state index contributed by atoms with van der Waals surface area (Å²) >= 11 is 0. The third kappa shape index (κ3) is 8.99. The van der Waals surface area contributed by atoms with Gasteiger partial charge in [0.15, 0.2) is 34.9 Å². The summed E-state index contributed by atoms with van der Waals surface area (Å²) in [6.07, 6.45) is 8.50. The van der Waals surface area contributed by atoms with Gasteiger partial charge in [0.05, 0.1) is 18.4 Å². The number of nitrogens with two attached hydrogens (primary N) is 2. The Morgan fingerprint density at radius 3 is 2.51 bits per heavy atom. The molecule has 3 fully saturated rings. The molecular formula is C39H52F2N10O2. The van der Waals surface area contributed by atoms with Crippen LogP contribution in [0.1, 0.15) is 62.0 Å². The fourth-order valence-corrected chi connectivity index (χ4v) is 8.24. The van der Waals surface area contributed by atoms with Crippen molar-refractivity contribution < 1.29 is 18.3 Å². The number of piperidine rings is 3. The van der Waals surface area contributed by atoms with Crippen molar-refractivity contribution in [2.24, 2.45) is 21.5 Å². The largest absolute Gasteiger partial charge is 0.450 e. The molecule has 0 aromatic heterocycles. The number of halogens is 2. The lowest BCUT2D eigenvalue weighted by atomic mass is 9.89. The molecule has 12 nitrogen and oxygen atoms in total. The predicted molar refractivity (Wildman–Crippen MR) is 203 cm³/mol. The number of aliphatic imine (C=N–C) groups is 2. The van der Waals surface area contributed by atoms with Gasteiger partial charge >= 0.3 is 0 Å². The molecule has 2 aromatic carbocycles. The Kier molecular flexibility index (Phi) is 11.6. The summed E-state index contributed by atoms with van der Waals surface area (Å²) in [6, 6.07) is 10.8. The van der Waals surface area contributed by atoms with Crippen molar-refractivity contribution in [3.63, 3.8) is 0 Å². The first-order chi connectivity index (χ1) is 25.7. The second-order valence-electron chi connectivity index (χ2n) is 14.8. The number of nitrogens with zero attached hydrogens (tertiary/aromatic N) is 6. The summed E-state index contributed by atoms with van der Waals surface area (Å²) in [6.45, 7) is 11.6. The number of benzene rings is 2. The van der Waals surface area contributed by atoms with E-state index in [9.17, 15) is 13.6 Å². The third-order valence-corrected chi connectivity index (χ3v) is 11.2. The molecule has 1 amide bonds. The van der Waals surface area contributed by atoms with Crippen molar-refractivity contribution in [2.75, 3.05) is 64.2 Å². The Balaban J connectivity index is 0.924. The van der Waals surface area contributed by atoms with Gasteiger partial charge in [-0.25, -0.2) is 13.8 Å². The maximum Gasteiger partial charge on any atom is 0.236 e. The van der Waals surface area contributed by atoms with E-state index in [1.165, 1.54) is 11.6 Å². The Bertz CT molecular complexity index is 1740. The highest BCUT2D eigenvalue weighted by atomic mass is 19.2. The molecule has 5 aliphatic rings. The number of fused-ring (bicyclic) bond motifs is 2. The Hall–Kier alpha value is -4.53. The number of ether oxygens (including phenoxy) is 1. The van der Waals surface area contributed by atoms with Gasteiger partial charge in [-0.05, 0) is 106 Å². The van der Waals surface area contributed by atoms with Crippen LogP contribution in [0.25, 0.3) is 0 Å². The minimum atomic E-state index is -0.859. The smallest absolute Gasteiger partial charge is 0.236 e. The van der Waals surface area contributed by atoms with Gasteiger partial charge < -0.3 is 41.5 Å². The van der Waals surface area contributed by atoms with Crippen molar-refractivity contribution in [1.29, 1.82) is 0 Å². The number of carbonyl (C=O) groups is 1. The lowest BCUT2D eigenvalue weighted by Gasteiger charge is -2.40. The van der Waals surface area contributed by atoms with Gasteiger partial charge in [0.1, 0.15) is 5.82 Å². The van der Waals surface area contributed by atoms with E-state index >= 15 is 0 Å². The van der Waals surface area contributed by atoms with Crippen molar-refractivity contribution in [3.05, 3.63) is 83.5 Å². The molecule has 6 N–H and O–H groups in total. The number of amidine groups is 1.